The summed E-state index contributed by atoms with van der Waals surface area (Å²) in [6.07, 6.45) is 8.86. The van der Waals surface area contributed by atoms with Crippen LogP contribution in [0.15, 0.2) is 66.9 Å². The molecule has 0 fully saturated rings. The first-order valence-electron chi connectivity index (χ1n) is 9.19. The lowest BCUT2D eigenvalue weighted by molar-refractivity contribution is -0.144. The highest BCUT2D eigenvalue weighted by atomic mass is 16.5. The van der Waals surface area contributed by atoms with E-state index in [0.717, 1.165) is 37.1 Å². The van der Waals surface area contributed by atoms with E-state index < -0.39 is 6.10 Å². The summed E-state index contributed by atoms with van der Waals surface area (Å²) in [6.45, 7) is 1.24. The summed E-state index contributed by atoms with van der Waals surface area (Å²) in [4.78, 5) is 19.6. The van der Waals surface area contributed by atoms with Gasteiger partial charge in [-0.1, -0.05) is 48.6 Å². The number of ether oxygens (including phenoxy) is 1. The molecule has 136 valence electrons. The third-order valence-electron chi connectivity index (χ3n) is 4.81. The summed E-state index contributed by atoms with van der Waals surface area (Å²) in [5.41, 5.74) is 1.78. The topological polar surface area (TPSA) is 42.4 Å². The number of allylic oxidation sites excluding steroid dienone is 2. The van der Waals surface area contributed by atoms with Crippen molar-refractivity contribution in [2.45, 2.75) is 31.9 Å². The molecule has 0 unspecified atom stereocenters. The van der Waals surface area contributed by atoms with E-state index in [4.69, 9.17) is 4.74 Å². The zero-order valence-electron chi connectivity index (χ0n) is 15.3. The van der Waals surface area contributed by atoms with Crippen molar-refractivity contribution in [1.29, 1.82) is 0 Å². The van der Waals surface area contributed by atoms with Gasteiger partial charge in [0.1, 0.15) is 0 Å². The zero-order valence-corrected chi connectivity index (χ0v) is 15.3. The van der Waals surface area contributed by atoms with Gasteiger partial charge >= 0.3 is 0 Å². The Balaban J connectivity index is 1.80. The fourth-order valence-corrected chi connectivity index (χ4v) is 3.43. The van der Waals surface area contributed by atoms with Crippen LogP contribution in [0, 0.1) is 5.92 Å². The maximum atomic E-state index is 13.3. The standard InChI is InChI=1S/C22H26N2O2/c1-26-21(19-12-6-3-7-13-19)22(25)24(16-18-10-4-2-5-11-18)17-20-14-8-9-15-23-20/h2-4,6-9,12-15,18,21H,5,10-11,16-17H2,1H3/t18-,21+/m0/s1. The predicted octanol–water partition coefficient (Wildman–Crippen LogP) is 4.15. The molecule has 1 aromatic heterocycles. The molecule has 1 amide bonds. The number of hydrogen-bond donors (Lipinski definition) is 0. The maximum absolute atomic E-state index is 13.3. The molecule has 1 aliphatic carbocycles. The van der Waals surface area contributed by atoms with Crippen LogP contribution in [-0.4, -0.2) is 29.4 Å². The fourth-order valence-electron chi connectivity index (χ4n) is 3.43. The molecular weight excluding hydrogens is 324 g/mol. The quantitative estimate of drug-likeness (QED) is 0.704. The van der Waals surface area contributed by atoms with Gasteiger partial charge in [0.15, 0.2) is 6.10 Å². The van der Waals surface area contributed by atoms with Crippen LogP contribution < -0.4 is 0 Å². The number of methoxy groups -OCH3 is 1. The minimum atomic E-state index is -0.584. The number of carbonyl (C=O) groups is 1. The highest BCUT2D eigenvalue weighted by molar-refractivity contribution is 5.82. The molecule has 3 rings (SSSR count). The first kappa shape index (κ1) is 18.3. The molecule has 0 radical (unpaired) electrons. The van der Waals surface area contributed by atoms with Crippen molar-refractivity contribution < 1.29 is 9.53 Å². The van der Waals surface area contributed by atoms with Crippen LogP contribution in [0.5, 0.6) is 0 Å². The van der Waals surface area contributed by atoms with Crippen molar-refractivity contribution in [1.82, 2.24) is 9.88 Å². The molecule has 4 nitrogen and oxygen atoms in total. The molecule has 1 aliphatic rings. The molecular formula is C22H26N2O2. The number of carbonyl (C=O) groups excluding carboxylic acids is 1. The Morgan fingerprint density at radius 2 is 2.00 bits per heavy atom. The summed E-state index contributed by atoms with van der Waals surface area (Å²) in [6, 6.07) is 15.5. The molecule has 0 N–H and O–H groups in total. The molecule has 26 heavy (non-hydrogen) atoms. The van der Waals surface area contributed by atoms with Gasteiger partial charge in [-0.2, -0.15) is 0 Å². The van der Waals surface area contributed by atoms with E-state index >= 15 is 0 Å². The van der Waals surface area contributed by atoms with Gasteiger partial charge in [0.25, 0.3) is 5.91 Å². The Morgan fingerprint density at radius 1 is 1.19 bits per heavy atom. The number of aromatic nitrogens is 1. The summed E-state index contributed by atoms with van der Waals surface area (Å²) in [7, 11) is 1.60. The monoisotopic (exact) mass is 350 g/mol. The number of amides is 1. The van der Waals surface area contributed by atoms with Gasteiger partial charge in [0.2, 0.25) is 0 Å². The molecule has 2 atom stereocenters. The van der Waals surface area contributed by atoms with Gasteiger partial charge in [-0.25, -0.2) is 0 Å². The van der Waals surface area contributed by atoms with E-state index in [0.29, 0.717) is 12.5 Å². The van der Waals surface area contributed by atoms with Crippen LogP contribution in [0.25, 0.3) is 0 Å². The zero-order chi connectivity index (χ0) is 18.2. The van der Waals surface area contributed by atoms with Gasteiger partial charge in [-0.15, -0.1) is 0 Å². The SMILES string of the molecule is CO[C@@H](C(=O)N(Cc1ccccn1)C[C@H]1CC=CCC1)c1ccccc1. The number of benzene rings is 1. The minimum Gasteiger partial charge on any atom is -0.367 e. The molecule has 0 saturated carbocycles. The molecule has 0 bridgehead atoms. The first-order chi connectivity index (χ1) is 12.8. The van der Waals surface area contributed by atoms with Crippen molar-refractivity contribution in [2.24, 2.45) is 5.92 Å². The third-order valence-corrected chi connectivity index (χ3v) is 4.81. The van der Waals surface area contributed by atoms with Crippen molar-refractivity contribution >= 4 is 5.91 Å². The van der Waals surface area contributed by atoms with E-state index in [1.54, 1.807) is 13.3 Å². The second-order valence-electron chi connectivity index (χ2n) is 6.72. The lowest BCUT2D eigenvalue weighted by atomic mass is 9.93. The van der Waals surface area contributed by atoms with Crippen molar-refractivity contribution in [3.05, 3.63) is 78.1 Å². The first-order valence-corrected chi connectivity index (χ1v) is 9.19. The Hall–Kier alpha value is -2.46. The lowest BCUT2D eigenvalue weighted by Crippen LogP contribution is -2.39. The number of rotatable bonds is 7. The van der Waals surface area contributed by atoms with Gasteiger partial charge in [-0.3, -0.25) is 9.78 Å². The Bertz CT molecular complexity index is 715. The van der Waals surface area contributed by atoms with Gasteiger partial charge in [-0.05, 0) is 42.9 Å². The molecule has 0 spiro atoms. The molecule has 0 saturated heterocycles. The number of hydrogen-bond acceptors (Lipinski definition) is 3. The Morgan fingerprint density at radius 3 is 2.65 bits per heavy atom. The van der Waals surface area contributed by atoms with E-state index in [1.807, 2.05) is 53.4 Å². The van der Waals surface area contributed by atoms with Crippen LogP contribution in [-0.2, 0) is 16.1 Å². The third kappa shape index (κ3) is 4.79. The van der Waals surface area contributed by atoms with Gasteiger partial charge in [0.05, 0.1) is 12.2 Å². The summed E-state index contributed by atoms with van der Waals surface area (Å²) < 4.78 is 5.58. The van der Waals surface area contributed by atoms with Crippen molar-refractivity contribution in [2.75, 3.05) is 13.7 Å². The minimum absolute atomic E-state index is 0.00101. The van der Waals surface area contributed by atoms with E-state index in [2.05, 4.69) is 17.1 Å². The van der Waals surface area contributed by atoms with Crippen molar-refractivity contribution in [3.63, 3.8) is 0 Å². The highest BCUT2D eigenvalue weighted by Crippen LogP contribution is 2.24. The molecule has 1 aromatic carbocycles. The van der Waals surface area contributed by atoms with Gasteiger partial charge < -0.3 is 9.64 Å². The normalized spacial score (nSPS) is 17.7. The molecule has 4 heteroatoms. The lowest BCUT2D eigenvalue weighted by Gasteiger charge is -2.31. The predicted molar refractivity (Wildman–Crippen MR) is 102 cm³/mol. The maximum Gasteiger partial charge on any atom is 0.256 e. The van der Waals surface area contributed by atoms with Gasteiger partial charge in [0, 0.05) is 19.9 Å². The second-order valence-corrected chi connectivity index (χ2v) is 6.72. The van der Waals surface area contributed by atoms with Crippen molar-refractivity contribution in [3.8, 4) is 0 Å². The Labute approximate surface area is 155 Å². The number of nitrogens with zero attached hydrogens (tertiary/aromatic N) is 2. The smallest absolute Gasteiger partial charge is 0.256 e. The van der Waals surface area contributed by atoms with E-state index in [9.17, 15) is 4.79 Å². The average Bonchev–Trinajstić information content (AvgIpc) is 2.70. The molecule has 1 heterocycles. The number of pyridine rings is 1. The molecule has 0 aliphatic heterocycles. The highest BCUT2D eigenvalue weighted by Gasteiger charge is 2.28. The molecule has 2 aromatic rings. The van der Waals surface area contributed by atoms with Crippen LogP contribution in [0.2, 0.25) is 0 Å². The van der Waals surface area contributed by atoms with Crippen LogP contribution in [0.3, 0.4) is 0 Å². The summed E-state index contributed by atoms with van der Waals surface area (Å²) >= 11 is 0. The van der Waals surface area contributed by atoms with Crippen LogP contribution >= 0.6 is 0 Å². The van der Waals surface area contributed by atoms with Crippen LogP contribution in [0.4, 0.5) is 0 Å². The second kappa shape index (κ2) is 9.30. The summed E-state index contributed by atoms with van der Waals surface area (Å²) in [5, 5.41) is 0. The van der Waals surface area contributed by atoms with E-state index in [-0.39, 0.29) is 5.91 Å². The average molecular weight is 350 g/mol. The summed E-state index contributed by atoms with van der Waals surface area (Å²) in [5.74, 6) is 0.486. The Kier molecular flexibility index (Phi) is 6.56. The van der Waals surface area contributed by atoms with E-state index in [1.165, 1.54) is 0 Å². The largest absolute Gasteiger partial charge is 0.367 e. The van der Waals surface area contributed by atoms with Crippen LogP contribution in [0.1, 0.15) is 36.6 Å². The fraction of sp³-hybridized carbons (Fsp3) is 0.364.